The number of sulfonamides is 1. The van der Waals surface area contributed by atoms with Crippen molar-refractivity contribution in [2.24, 2.45) is 5.92 Å². The van der Waals surface area contributed by atoms with Crippen LogP contribution in [0.2, 0.25) is 0 Å². The van der Waals surface area contributed by atoms with E-state index in [1.165, 1.54) is 0 Å². The molecule has 0 saturated carbocycles. The molecule has 0 aliphatic carbocycles. The Morgan fingerprint density at radius 3 is 2.25 bits per heavy atom. The Kier molecular flexibility index (Phi) is 6.36. The third kappa shape index (κ3) is 4.72. The van der Waals surface area contributed by atoms with Crippen molar-refractivity contribution in [1.29, 1.82) is 0 Å². The number of nitrogens with one attached hydrogen (secondary N) is 1. The Balaban J connectivity index is 1.66. The van der Waals surface area contributed by atoms with Crippen molar-refractivity contribution in [3.05, 3.63) is 54.1 Å². The lowest BCUT2D eigenvalue weighted by atomic mass is 10.0. The summed E-state index contributed by atoms with van der Waals surface area (Å²) in [5.41, 5.74) is 1.05. The van der Waals surface area contributed by atoms with Gasteiger partial charge in [-0.1, -0.05) is 6.92 Å². The van der Waals surface area contributed by atoms with Crippen molar-refractivity contribution >= 4 is 21.6 Å². The standard InChI is InChI=1S/C21H26N2O4S/c1-3-27-19-8-4-17(5-9-19)21(24)22-18-6-10-20(11-7-18)28(25,26)23-14-12-16(2)13-15-23/h4-11,16H,3,12-15H2,1-2H3,(H,22,24). The lowest BCUT2D eigenvalue weighted by Gasteiger charge is -2.29. The largest absolute Gasteiger partial charge is 0.494 e. The Morgan fingerprint density at radius 1 is 1.07 bits per heavy atom. The molecule has 1 amide bonds. The minimum absolute atomic E-state index is 0.251. The molecule has 28 heavy (non-hydrogen) atoms. The van der Waals surface area contributed by atoms with Gasteiger partial charge in [0.25, 0.3) is 5.91 Å². The molecular weight excluding hydrogens is 376 g/mol. The van der Waals surface area contributed by atoms with E-state index in [0.717, 1.165) is 12.8 Å². The fraction of sp³-hybridized carbons (Fsp3) is 0.381. The van der Waals surface area contributed by atoms with E-state index in [-0.39, 0.29) is 10.8 Å². The van der Waals surface area contributed by atoms with Crippen LogP contribution >= 0.6 is 0 Å². The number of hydrogen-bond donors (Lipinski definition) is 1. The summed E-state index contributed by atoms with van der Waals surface area (Å²) in [5, 5.41) is 2.79. The zero-order chi connectivity index (χ0) is 20.1. The Labute approximate surface area is 166 Å². The molecule has 2 aromatic rings. The topological polar surface area (TPSA) is 75.7 Å². The van der Waals surface area contributed by atoms with Gasteiger partial charge in [0.15, 0.2) is 0 Å². The smallest absolute Gasteiger partial charge is 0.255 e. The number of hydrogen-bond acceptors (Lipinski definition) is 4. The van der Waals surface area contributed by atoms with Crippen molar-refractivity contribution in [3.63, 3.8) is 0 Å². The number of ether oxygens (including phenoxy) is 1. The molecule has 0 atom stereocenters. The highest BCUT2D eigenvalue weighted by atomic mass is 32.2. The molecular formula is C21H26N2O4S. The van der Waals surface area contributed by atoms with Gasteiger partial charge in [0.1, 0.15) is 5.75 Å². The maximum atomic E-state index is 12.8. The molecule has 7 heteroatoms. The van der Waals surface area contributed by atoms with E-state index in [0.29, 0.717) is 42.6 Å². The summed E-state index contributed by atoms with van der Waals surface area (Å²) in [4.78, 5) is 12.6. The minimum Gasteiger partial charge on any atom is -0.494 e. The maximum Gasteiger partial charge on any atom is 0.255 e. The van der Waals surface area contributed by atoms with Crippen LogP contribution in [0.4, 0.5) is 5.69 Å². The van der Waals surface area contributed by atoms with E-state index in [1.807, 2.05) is 6.92 Å². The molecule has 0 radical (unpaired) electrons. The molecule has 0 unspecified atom stereocenters. The van der Waals surface area contributed by atoms with Crippen molar-refractivity contribution < 1.29 is 17.9 Å². The number of amides is 1. The van der Waals surface area contributed by atoms with Gasteiger partial charge in [0, 0.05) is 24.3 Å². The normalized spacial score (nSPS) is 15.9. The van der Waals surface area contributed by atoms with Crippen LogP contribution in [-0.4, -0.2) is 38.3 Å². The van der Waals surface area contributed by atoms with Gasteiger partial charge in [-0.25, -0.2) is 8.42 Å². The van der Waals surface area contributed by atoms with Gasteiger partial charge in [0.05, 0.1) is 11.5 Å². The van der Waals surface area contributed by atoms with E-state index in [9.17, 15) is 13.2 Å². The third-order valence-corrected chi connectivity index (χ3v) is 6.83. The summed E-state index contributed by atoms with van der Waals surface area (Å²) < 4.78 is 32.4. The van der Waals surface area contributed by atoms with Crippen molar-refractivity contribution in [3.8, 4) is 5.75 Å². The lowest BCUT2D eigenvalue weighted by molar-refractivity contribution is 0.102. The minimum atomic E-state index is -3.49. The van der Waals surface area contributed by atoms with Gasteiger partial charge in [-0.15, -0.1) is 0 Å². The molecule has 0 aromatic heterocycles. The predicted molar refractivity (Wildman–Crippen MR) is 109 cm³/mol. The molecule has 1 N–H and O–H groups in total. The third-order valence-electron chi connectivity index (χ3n) is 4.92. The molecule has 6 nitrogen and oxygen atoms in total. The number of anilines is 1. The van der Waals surface area contributed by atoms with Gasteiger partial charge < -0.3 is 10.1 Å². The Bertz CT molecular complexity index is 900. The average Bonchev–Trinajstić information content (AvgIpc) is 2.69. The SMILES string of the molecule is CCOc1ccc(C(=O)Nc2ccc(S(=O)(=O)N3CCC(C)CC3)cc2)cc1. The zero-order valence-electron chi connectivity index (χ0n) is 16.2. The highest BCUT2D eigenvalue weighted by Gasteiger charge is 2.27. The van der Waals surface area contributed by atoms with E-state index in [4.69, 9.17) is 4.74 Å². The van der Waals surface area contributed by atoms with Gasteiger partial charge in [0.2, 0.25) is 10.0 Å². The zero-order valence-corrected chi connectivity index (χ0v) is 17.0. The molecule has 150 valence electrons. The average molecular weight is 403 g/mol. The molecule has 0 bridgehead atoms. The van der Waals surface area contributed by atoms with E-state index >= 15 is 0 Å². The van der Waals surface area contributed by atoms with Crippen LogP contribution in [-0.2, 0) is 10.0 Å². The molecule has 0 spiro atoms. The fourth-order valence-electron chi connectivity index (χ4n) is 3.16. The van der Waals surface area contributed by atoms with E-state index < -0.39 is 10.0 Å². The summed E-state index contributed by atoms with van der Waals surface area (Å²) >= 11 is 0. The van der Waals surface area contributed by atoms with Gasteiger partial charge in [-0.2, -0.15) is 4.31 Å². The summed E-state index contributed by atoms with van der Waals surface area (Å²) in [6.45, 7) is 5.72. The first-order valence-corrected chi connectivity index (χ1v) is 11.0. The summed E-state index contributed by atoms with van der Waals surface area (Å²) in [7, 11) is -3.49. The molecule has 1 fully saturated rings. The maximum absolute atomic E-state index is 12.8. The summed E-state index contributed by atoms with van der Waals surface area (Å²) in [6, 6.07) is 13.2. The highest BCUT2D eigenvalue weighted by Crippen LogP contribution is 2.24. The van der Waals surface area contributed by atoms with Crippen molar-refractivity contribution in [1.82, 2.24) is 4.31 Å². The van der Waals surface area contributed by atoms with Crippen LogP contribution in [0.1, 0.15) is 37.0 Å². The van der Waals surface area contributed by atoms with E-state index in [1.54, 1.807) is 52.8 Å². The van der Waals surface area contributed by atoms with Crippen molar-refractivity contribution in [2.45, 2.75) is 31.6 Å². The number of nitrogens with zero attached hydrogens (tertiary/aromatic N) is 1. The first-order valence-electron chi connectivity index (χ1n) is 9.54. The molecule has 1 saturated heterocycles. The van der Waals surface area contributed by atoms with E-state index in [2.05, 4.69) is 12.2 Å². The first kappa shape index (κ1) is 20.4. The molecule has 3 rings (SSSR count). The number of benzene rings is 2. The number of carbonyl (C=O) groups is 1. The lowest BCUT2D eigenvalue weighted by Crippen LogP contribution is -2.37. The fourth-order valence-corrected chi connectivity index (χ4v) is 4.63. The van der Waals surface area contributed by atoms with Crippen LogP contribution in [0, 0.1) is 5.92 Å². The molecule has 1 heterocycles. The van der Waals surface area contributed by atoms with Crippen LogP contribution in [0.3, 0.4) is 0 Å². The van der Waals surface area contributed by atoms with Crippen LogP contribution in [0.15, 0.2) is 53.4 Å². The number of piperidine rings is 1. The first-order chi connectivity index (χ1) is 13.4. The quantitative estimate of drug-likeness (QED) is 0.798. The second-order valence-corrected chi connectivity index (χ2v) is 8.96. The van der Waals surface area contributed by atoms with Gasteiger partial charge >= 0.3 is 0 Å². The number of carbonyl (C=O) groups excluding carboxylic acids is 1. The van der Waals surface area contributed by atoms with Crippen molar-refractivity contribution in [2.75, 3.05) is 25.0 Å². The monoisotopic (exact) mass is 402 g/mol. The van der Waals surface area contributed by atoms with Gasteiger partial charge in [-0.3, -0.25) is 4.79 Å². The van der Waals surface area contributed by atoms with Crippen LogP contribution in [0.25, 0.3) is 0 Å². The van der Waals surface area contributed by atoms with Gasteiger partial charge in [-0.05, 0) is 74.2 Å². The molecule has 1 aliphatic heterocycles. The predicted octanol–water partition coefficient (Wildman–Crippen LogP) is 3.76. The highest BCUT2D eigenvalue weighted by molar-refractivity contribution is 7.89. The van der Waals surface area contributed by atoms with Crippen LogP contribution < -0.4 is 10.1 Å². The Hall–Kier alpha value is -2.38. The van der Waals surface area contributed by atoms with Crippen LogP contribution in [0.5, 0.6) is 5.75 Å². The Morgan fingerprint density at radius 2 is 1.68 bits per heavy atom. The molecule has 2 aromatic carbocycles. The second kappa shape index (κ2) is 8.75. The second-order valence-electron chi connectivity index (χ2n) is 7.02. The summed E-state index contributed by atoms with van der Waals surface area (Å²) in [6.07, 6.45) is 1.77. The molecule has 1 aliphatic rings. The summed E-state index contributed by atoms with van der Waals surface area (Å²) in [5.74, 6) is 1.01. The number of rotatable bonds is 6.